The van der Waals surface area contributed by atoms with Crippen molar-refractivity contribution in [3.8, 4) is 0 Å². The van der Waals surface area contributed by atoms with E-state index in [0.717, 1.165) is 0 Å². The van der Waals surface area contributed by atoms with E-state index in [1.807, 2.05) is 0 Å². The third-order valence-electron chi connectivity index (χ3n) is 2.21. The average molecular weight is 230 g/mol. The Kier molecular flexibility index (Phi) is 2.88. The number of morpholine rings is 1. The van der Waals surface area contributed by atoms with Crippen LogP contribution in [0.4, 0.5) is 4.39 Å². The highest BCUT2D eigenvalue weighted by molar-refractivity contribution is 6.31. The van der Waals surface area contributed by atoms with Gasteiger partial charge in [0.15, 0.2) is 0 Å². The van der Waals surface area contributed by atoms with E-state index in [4.69, 9.17) is 16.3 Å². The highest BCUT2D eigenvalue weighted by Crippen LogP contribution is 2.27. The minimum atomic E-state index is -0.386. The third-order valence-corrected chi connectivity index (χ3v) is 2.54. The number of ether oxygens (including phenoxy) is 1. The minimum absolute atomic E-state index is 0.0123. The first kappa shape index (κ1) is 10.4. The SMILES string of the molecule is O=C1CO[C@H](c2ccc(F)cc2Cl)CN1. The summed E-state index contributed by atoms with van der Waals surface area (Å²) in [5, 5.41) is 2.97. The van der Waals surface area contributed by atoms with Gasteiger partial charge in [0.1, 0.15) is 18.5 Å². The first-order valence-electron chi connectivity index (χ1n) is 4.50. The van der Waals surface area contributed by atoms with Gasteiger partial charge in [-0.2, -0.15) is 0 Å². The summed E-state index contributed by atoms with van der Waals surface area (Å²) in [6, 6.07) is 4.12. The lowest BCUT2D eigenvalue weighted by Gasteiger charge is -2.24. The zero-order chi connectivity index (χ0) is 10.8. The largest absolute Gasteiger partial charge is 0.362 e. The maximum absolute atomic E-state index is 12.8. The normalized spacial score (nSPS) is 21.2. The first-order valence-corrected chi connectivity index (χ1v) is 4.88. The highest BCUT2D eigenvalue weighted by atomic mass is 35.5. The highest BCUT2D eigenvalue weighted by Gasteiger charge is 2.22. The van der Waals surface area contributed by atoms with E-state index >= 15 is 0 Å². The number of nitrogens with one attached hydrogen (secondary N) is 1. The van der Waals surface area contributed by atoms with Gasteiger partial charge in [-0.3, -0.25) is 4.79 Å². The second kappa shape index (κ2) is 4.16. The second-order valence-electron chi connectivity index (χ2n) is 3.27. The van der Waals surface area contributed by atoms with Crippen LogP contribution in [0.3, 0.4) is 0 Å². The van der Waals surface area contributed by atoms with Crippen LogP contribution in [-0.2, 0) is 9.53 Å². The molecule has 1 fully saturated rings. The third kappa shape index (κ3) is 2.27. The second-order valence-corrected chi connectivity index (χ2v) is 3.68. The molecular formula is C10H9ClFNO2. The van der Waals surface area contributed by atoms with Crippen molar-refractivity contribution in [1.82, 2.24) is 5.32 Å². The molecule has 0 radical (unpaired) electrons. The quantitative estimate of drug-likeness (QED) is 0.796. The van der Waals surface area contributed by atoms with Gasteiger partial charge in [0.05, 0.1) is 0 Å². The number of carbonyl (C=O) groups excluding carboxylic acids is 1. The number of benzene rings is 1. The van der Waals surface area contributed by atoms with Crippen molar-refractivity contribution in [3.05, 3.63) is 34.6 Å². The number of hydrogen-bond donors (Lipinski definition) is 1. The van der Waals surface area contributed by atoms with Crippen molar-refractivity contribution < 1.29 is 13.9 Å². The fourth-order valence-electron chi connectivity index (χ4n) is 1.46. The van der Waals surface area contributed by atoms with E-state index in [1.165, 1.54) is 12.1 Å². The van der Waals surface area contributed by atoms with Gasteiger partial charge in [0, 0.05) is 17.1 Å². The van der Waals surface area contributed by atoms with Crippen LogP contribution in [0.5, 0.6) is 0 Å². The van der Waals surface area contributed by atoms with E-state index in [-0.39, 0.29) is 24.4 Å². The molecule has 0 aliphatic carbocycles. The molecule has 1 aromatic rings. The van der Waals surface area contributed by atoms with E-state index < -0.39 is 0 Å². The molecule has 0 aromatic heterocycles. The number of amides is 1. The van der Waals surface area contributed by atoms with E-state index in [1.54, 1.807) is 6.07 Å². The molecule has 1 aliphatic heterocycles. The van der Waals surface area contributed by atoms with Crippen molar-refractivity contribution in [1.29, 1.82) is 0 Å². The Balaban J connectivity index is 2.19. The van der Waals surface area contributed by atoms with Gasteiger partial charge in [0.2, 0.25) is 5.91 Å². The molecule has 80 valence electrons. The van der Waals surface area contributed by atoms with Gasteiger partial charge in [-0.15, -0.1) is 0 Å². The van der Waals surface area contributed by atoms with Gasteiger partial charge in [-0.05, 0) is 12.1 Å². The zero-order valence-corrected chi connectivity index (χ0v) is 8.55. The van der Waals surface area contributed by atoms with Crippen LogP contribution in [0.2, 0.25) is 5.02 Å². The minimum Gasteiger partial charge on any atom is -0.362 e. The summed E-state index contributed by atoms with van der Waals surface area (Å²) in [5.41, 5.74) is 0.693. The molecule has 1 heterocycles. The van der Waals surface area contributed by atoms with Gasteiger partial charge in [-0.1, -0.05) is 17.7 Å². The van der Waals surface area contributed by atoms with E-state index in [2.05, 4.69) is 5.32 Å². The smallest absolute Gasteiger partial charge is 0.246 e. The number of hydrogen-bond acceptors (Lipinski definition) is 2. The monoisotopic (exact) mass is 229 g/mol. The summed E-state index contributed by atoms with van der Waals surface area (Å²) >= 11 is 5.87. The predicted molar refractivity (Wildman–Crippen MR) is 53.1 cm³/mol. The van der Waals surface area contributed by atoms with Crippen LogP contribution < -0.4 is 5.32 Å². The summed E-state index contributed by atoms with van der Waals surface area (Å²) in [5.74, 6) is -0.534. The number of carbonyl (C=O) groups is 1. The van der Waals surface area contributed by atoms with Crippen LogP contribution in [0.25, 0.3) is 0 Å². The van der Waals surface area contributed by atoms with Gasteiger partial charge < -0.3 is 10.1 Å². The van der Waals surface area contributed by atoms with Crippen LogP contribution in [0.15, 0.2) is 18.2 Å². The molecule has 2 rings (SSSR count). The van der Waals surface area contributed by atoms with E-state index in [0.29, 0.717) is 17.1 Å². The summed E-state index contributed by atoms with van der Waals surface area (Å²) in [4.78, 5) is 10.8. The van der Waals surface area contributed by atoms with Gasteiger partial charge in [-0.25, -0.2) is 4.39 Å². The number of rotatable bonds is 1. The van der Waals surface area contributed by atoms with Crippen molar-refractivity contribution in [2.45, 2.75) is 6.10 Å². The summed E-state index contributed by atoms with van der Waals surface area (Å²) in [6.45, 7) is 0.378. The van der Waals surface area contributed by atoms with Crippen LogP contribution >= 0.6 is 11.6 Å². The van der Waals surface area contributed by atoms with Gasteiger partial charge >= 0.3 is 0 Å². The Bertz CT molecular complexity index is 387. The summed E-state index contributed by atoms with van der Waals surface area (Å²) < 4.78 is 18.1. The molecule has 1 N–H and O–H groups in total. The Morgan fingerprint density at radius 2 is 2.33 bits per heavy atom. The Morgan fingerprint density at radius 1 is 1.53 bits per heavy atom. The summed E-state index contributed by atoms with van der Waals surface area (Å²) in [6.07, 6.45) is -0.296. The molecule has 3 nitrogen and oxygen atoms in total. The molecular weight excluding hydrogens is 221 g/mol. The van der Waals surface area contributed by atoms with Crippen molar-refractivity contribution in [2.24, 2.45) is 0 Å². The summed E-state index contributed by atoms with van der Waals surface area (Å²) in [7, 11) is 0. The molecule has 1 amide bonds. The van der Waals surface area contributed by atoms with Crippen molar-refractivity contribution in [3.63, 3.8) is 0 Å². The Morgan fingerprint density at radius 3 is 2.93 bits per heavy atom. The lowest BCUT2D eigenvalue weighted by molar-refractivity contribution is -0.133. The van der Waals surface area contributed by atoms with Gasteiger partial charge in [0.25, 0.3) is 0 Å². The van der Waals surface area contributed by atoms with Crippen LogP contribution in [-0.4, -0.2) is 19.1 Å². The maximum atomic E-state index is 12.8. The zero-order valence-electron chi connectivity index (χ0n) is 7.80. The lowest BCUT2D eigenvalue weighted by atomic mass is 10.1. The molecule has 0 saturated carbocycles. The topological polar surface area (TPSA) is 38.3 Å². The standard InChI is InChI=1S/C10H9ClFNO2/c11-8-3-6(12)1-2-7(8)9-4-13-10(14)5-15-9/h1-3,9H,4-5H2,(H,13,14)/t9-/m0/s1. The molecule has 1 atom stereocenters. The molecule has 15 heavy (non-hydrogen) atoms. The molecule has 5 heteroatoms. The molecule has 0 spiro atoms. The van der Waals surface area contributed by atoms with Crippen LogP contribution in [0.1, 0.15) is 11.7 Å². The molecule has 1 aromatic carbocycles. The average Bonchev–Trinajstić information content (AvgIpc) is 2.20. The Labute approximate surface area is 91.2 Å². The molecule has 1 aliphatic rings. The molecule has 0 unspecified atom stereocenters. The molecule has 1 saturated heterocycles. The van der Waals surface area contributed by atoms with E-state index in [9.17, 15) is 9.18 Å². The number of halogens is 2. The molecule has 0 bridgehead atoms. The fraction of sp³-hybridized carbons (Fsp3) is 0.300. The predicted octanol–water partition coefficient (Wildman–Crippen LogP) is 1.67. The first-order chi connectivity index (χ1) is 7.16. The maximum Gasteiger partial charge on any atom is 0.246 e. The Hall–Kier alpha value is -1.13. The van der Waals surface area contributed by atoms with Crippen molar-refractivity contribution in [2.75, 3.05) is 13.2 Å². The fourth-order valence-corrected chi connectivity index (χ4v) is 1.74. The lowest BCUT2D eigenvalue weighted by Crippen LogP contribution is -2.38. The van der Waals surface area contributed by atoms with Crippen molar-refractivity contribution >= 4 is 17.5 Å². The van der Waals surface area contributed by atoms with Crippen LogP contribution in [0, 0.1) is 5.82 Å².